The van der Waals surface area contributed by atoms with E-state index >= 15 is 0 Å². The van der Waals surface area contributed by atoms with E-state index in [4.69, 9.17) is 12.2 Å². The molecule has 2 rings (SSSR count). The summed E-state index contributed by atoms with van der Waals surface area (Å²) >= 11 is 5.25. The molecule has 0 fully saturated rings. The number of halogens is 2. The summed E-state index contributed by atoms with van der Waals surface area (Å²) in [5, 5.41) is 6.54. The summed E-state index contributed by atoms with van der Waals surface area (Å²) in [6.45, 7) is 0.950. The minimum absolute atomic E-state index is 0.121. The molecule has 0 aliphatic rings. The van der Waals surface area contributed by atoms with Gasteiger partial charge in [0.2, 0.25) is 0 Å². The number of thiocarbonyl (C=S) groups is 1. The molecule has 6 heteroatoms. The van der Waals surface area contributed by atoms with Crippen LogP contribution in [0.3, 0.4) is 0 Å². The van der Waals surface area contributed by atoms with Gasteiger partial charge in [0.1, 0.15) is 5.75 Å². The van der Waals surface area contributed by atoms with Crippen molar-refractivity contribution in [1.29, 1.82) is 0 Å². The third-order valence-electron chi connectivity index (χ3n) is 2.95. The first-order chi connectivity index (χ1) is 10.4. The second-order valence-corrected chi connectivity index (χ2v) is 5.21. The highest BCUT2D eigenvalue weighted by Gasteiger charge is 2.07. The fourth-order valence-electron chi connectivity index (χ4n) is 1.96. The monoisotopic (exact) mass is 322 g/mol. The maximum Gasteiger partial charge on any atom is 0.387 e. The van der Waals surface area contributed by atoms with Gasteiger partial charge in [-0.2, -0.15) is 8.78 Å². The third kappa shape index (κ3) is 4.66. The summed E-state index contributed by atoms with van der Waals surface area (Å²) < 4.78 is 28.7. The number of hydrogen-bond donors (Lipinski definition) is 2. The second-order valence-electron chi connectivity index (χ2n) is 4.80. The molecule has 22 heavy (non-hydrogen) atoms. The number of nitrogens with one attached hydrogen (secondary N) is 2. The fourth-order valence-corrected chi connectivity index (χ4v) is 2.19. The molecular formula is C16H16F2N2OS. The summed E-state index contributed by atoms with van der Waals surface area (Å²) in [5.74, 6) is 0.121. The van der Waals surface area contributed by atoms with Gasteiger partial charge in [0.05, 0.1) is 0 Å². The van der Waals surface area contributed by atoms with Gasteiger partial charge in [0.15, 0.2) is 5.11 Å². The molecule has 0 spiro atoms. The van der Waals surface area contributed by atoms with Crippen LogP contribution in [0.15, 0.2) is 42.5 Å². The van der Waals surface area contributed by atoms with Gasteiger partial charge < -0.3 is 15.4 Å². The SMILES string of the molecule is Cc1cccc(NC(=S)Nc2ccc(OC(F)F)cc2C)c1. The molecule has 0 bridgehead atoms. The minimum Gasteiger partial charge on any atom is -0.435 e. The number of benzene rings is 2. The normalized spacial score (nSPS) is 10.4. The molecule has 3 nitrogen and oxygen atoms in total. The van der Waals surface area contributed by atoms with Crippen LogP contribution in [0, 0.1) is 13.8 Å². The maximum atomic E-state index is 12.2. The van der Waals surface area contributed by atoms with Crippen molar-refractivity contribution in [3.8, 4) is 5.75 Å². The Balaban J connectivity index is 2.02. The summed E-state index contributed by atoms with van der Waals surface area (Å²) in [6.07, 6.45) is 0. The number of alkyl halides is 2. The van der Waals surface area contributed by atoms with E-state index in [1.165, 1.54) is 12.1 Å². The Kier molecular flexibility index (Phi) is 5.27. The Labute approximate surface area is 133 Å². The molecule has 0 amide bonds. The summed E-state index contributed by atoms with van der Waals surface area (Å²) in [5.41, 5.74) is 3.49. The van der Waals surface area contributed by atoms with E-state index in [0.29, 0.717) is 5.11 Å². The lowest BCUT2D eigenvalue weighted by atomic mass is 10.2. The Morgan fingerprint density at radius 2 is 1.86 bits per heavy atom. The number of aryl methyl sites for hydroxylation is 2. The molecule has 0 saturated carbocycles. The van der Waals surface area contributed by atoms with Crippen LogP contribution in [-0.2, 0) is 0 Å². The van der Waals surface area contributed by atoms with Gasteiger partial charge in [-0.25, -0.2) is 0 Å². The van der Waals surface area contributed by atoms with Crippen LogP contribution in [0.1, 0.15) is 11.1 Å². The highest BCUT2D eigenvalue weighted by Crippen LogP contribution is 2.23. The molecule has 0 aliphatic carbocycles. The standard InChI is InChI=1S/C16H16F2N2OS/c1-10-4-3-5-12(8-10)19-16(22)20-14-7-6-13(9-11(14)2)21-15(17)18/h3-9,15H,1-2H3,(H2,19,20,22). The second kappa shape index (κ2) is 7.17. The van der Waals surface area contributed by atoms with Crippen LogP contribution in [0.25, 0.3) is 0 Å². The largest absolute Gasteiger partial charge is 0.435 e. The van der Waals surface area contributed by atoms with Gasteiger partial charge >= 0.3 is 6.61 Å². The quantitative estimate of drug-likeness (QED) is 0.799. The molecular weight excluding hydrogens is 306 g/mol. The van der Waals surface area contributed by atoms with E-state index < -0.39 is 6.61 Å². The lowest BCUT2D eigenvalue weighted by Crippen LogP contribution is -2.19. The zero-order valence-corrected chi connectivity index (χ0v) is 13.0. The lowest BCUT2D eigenvalue weighted by molar-refractivity contribution is -0.0498. The van der Waals surface area contributed by atoms with E-state index in [0.717, 1.165) is 22.5 Å². The van der Waals surface area contributed by atoms with Gasteiger partial charge in [0.25, 0.3) is 0 Å². The maximum absolute atomic E-state index is 12.2. The van der Waals surface area contributed by atoms with E-state index in [2.05, 4.69) is 15.4 Å². The van der Waals surface area contributed by atoms with Gasteiger partial charge in [-0.05, 0) is 67.5 Å². The minimum atomic E-state index is -2.83. The molecule has 2 aromatic carbocycles. The zero-order valence-electron chi connectivity index (χ0n) is 12.2. The van der Waals surface area contributed by atoms with Crippen LogP contribution in [0.5, 0.6) is 5.75 Å². The van der Waals surface area contributed by atoms with Gasteiger partial charge in [-0.3, -0.25) is 0 Å². The van der Waals surface area contributed by atoms with E-state index in [-0.39, 0.29) is 5.75 Å². The molecule has 0 atom stereocenters. The number of rotatable bonds is 4. The third-order valence-corrected chi connectivity index (χ3v) is 3.15. The van der Waals surface area contributed by atoms with Crippen LogP contribution in [-0.4, -0.2) is 11.7 Å². The molecule has 0 unspecified atom stereocenters. The average molecular weight is 322 g/mol. The highest BCUT2D eigenvalue weighted by atomic mass is 32.1. The average Bonchev–Trinajstić information content (AvgIpc) is 2.41. The molecule has 0 saturated heterocycles. The molecule has 116 valence electrons. The zero-order chi connectivity index (χ0) is 16.1. The van der Waals surface area contributed by atoms with E-state index in [1.807, 2.05) is 31.2 Å². The van der Waals surface area contributed by atoms with Crippen molar-refractivity contribution in [1.82, 2.24) is 0 Å². The van der Waals surface area contributed by atoms with E-state index in [9.17, 15) is 8.78 Å². The van der Waals surface area contributed by atoms with Crippen molar-refractivity contribution in [3.63, 3.8) is 0 Å². The van der Waals surface area contributed by atoms with Crippen LogP contribution in [0.4, 0.5) is 20.2 Å². The lowest BCUT2D eigenvalue weighted by Gasteiger charge is -2.14. The molecule has 0 radical (unpaired) electrons. The molecule has 0 aliphatic heterocycles. The van der Waals surface area contributed by atoms with Crippen molar-refractivity contribution in [2.45, 2.75) is 20.5 Å². The van der Waals surface area contributed by atoms with Crippen molar-refractivity contribution in [2.75, 3.05) is 10.6 Å². The Morgan fingerprint density at radius 3 is 2.50 bits per heavy atom. The first-order valence-corrected chi connectivity index (χ1v) is 7.05. The Hall–Kier alpha value is -2.21. The van der Waals surface area contributed by atoms with Crippen molar-refractivity contribution in [2.24, 2.45) is 0 Å². The van der Waals surface area contributed by atoms with E-state index in [1.54, 1.807) is 13.0 Å². The first-order valence-electron chi connectivity index (χ1n) is 6.64. The predicted octanol–water partition coefficient (Wildman–Crippen LogP) is 4.71. The fraction of sp³-hybridized carbons (Fsp3) is 0.188. The summed E-state index contributed by atoms with van der Waals surface area (Å²) in [7, 11) is 0. The van der Waals surface area contributed by atoms with Crippen molar-refractivity contribution < 1.29 is 13.5 Å². The summed E-state index contributed by atoms with van der Waals surface area (Å²) in [6, 6.07) is 12.5. The number of anilines is 2. The van der Waals surface area contributed by atoms with Crippen LogP contribution >= 0.6 is 12.2 Å². The summed E-state index contributed by atoms with van der Waals surface area (Å²) in [4.78, 5) is 0. The Bertz CT molecular complexity index is 677. The first kappa shape index (κ1) is 16.2. The predicted molar refractivity (Wildman–Crippen MR) is 88.8 cm³/mol. The van der Waals surface area contributed by atoms with Crippen LogP contribution < -0.4 is 15.4 Å². The van der Waals surface area contributed by atoms with Crippen molar-refractivity contribution >= 4 is 28.7 Å². The van der Waals surface area contributed by atoms with Crippen molar-refractivity contribution in [3.05, 3.63) is 53.6 Å². The van der Waals surface area contributed by atoms with Gasteiger partial charge in [-0.15, -0.1) is 0 Å². The molecule has 0 heterocycles. The van der Waals surface area contributed by atoms with Gasteiger partial charge in [-0.1, -0.05) is 12.1 Å². The molecule has 0 aromatic heterocycles. The number of ether oxygens (including phenoxy) is 1. The highest BCUT2D eigenvalue weighted by molar-refractivity contribution is 7.80. The van der Waals surface area contributed by atoms with Gasteiger partial charge in [0, 0.05) is 11.4 Å². The molecule has 2 N–H and O–H groups in total. The number of hydrogen-bond acceptors (Lipinski definition) is 2. The Morgan fingerprint density at radius 1 is 1.09 bits per heavy atom. The molecule has 2 aromatic rings. The smallest absolute Gasteiger partial charge is 0.387 e. The van der Waals surface area contributed by atoms with Crippen LogP contribution in [0.2, 0.25) is 0 Å². The topological polar surface area (TPSA) is 33.3 Å².